The van der Waals surface area contributed by atoms with Gasteiger partial charge in [-0.3, -0.25) is 9.69 Å². The van der Waals surface area contributed by atoms with Crippen LogP contribution < -0.4 is 4.74 Å². The standard InChI is InChI=1S/C19H22FN3O2S/c20-15-2-1-3-18(6-15)25-11-19(24)23-8-14-4-5-17(23)10-22(7-14)9-16-12-26-13-21-16/h1-3,6,12-14,17H,4-5,7-11H2/t14-,17+/m0/s1. The van der Waals surface area contributed by atoms with Crippen molar-refractivity contribution >= 4 is 17.2 Å². The van der Waals surface area contributed by atoms with Crippen LogP contribution >= 0.6 is 11.3 Å². The number of amides is 1. The Hall–Kier alpha value is -1.99. The van der Waals surface area contributed by atoms with Gasteiger partial charge in [0.1, 0.15) is 11.6 Å². The summed E-state index contributed by atoms with van der Waals surface area (Å²) in [5.41, 5.74) is 2.96. The zero-order chi connectivity index (χ0) is 17.9. The summed E-state index contributed by atoms with van der Waals surface area (Å²) in [5.74, 6) is 0.509. The Morgan fingerprint density at radius 3 is 3.04 bits per heavy atom. The van der Waals surface area contributed by atoms with Crippen LogP contribution in [0.2, 0.25) is 0 Å². The van der Waals surface area contributed by atoms with Crippen molar-refractivity contribution < 1.29 is 13.9 Å². The molecule has 1 aromatic heterocycles. The van der Waals surface area contributed by atoms with Crippen LogP contribution in [0.4, 0.5) is 4.39 Å². The lowest BCUT2D eigenvalue weighted by atomic mass is 9.95. The van der Waals surface area contributed by atoms with Crippen LogP contribution in [0.1, 0.15) is 18.5 Å². The molecule has 138 valence electrons. The summed E-state index contributed by atoms with van der Waals surface area (Å²) in [7, 11) is 0. The zero-order valence-corrected chi connectivity index (χ0v) is 15.3. The Labute approximate surface area is 156 Å². The molecule has 3 saturated heterocycles. The molecule has 1 amide bonds. The Kier molecular flexibility index (Phi) is 5.17. The van der Waals surface area contributed by atoms with Crippen molar-refractivity contribution in [3.63, 3.8) is 0 Å². The van der Waals surface area contributed by atoms with E-state index >= 15 is 0 Å². The van der Waals surface area contributed by atoms with Gasteiger partial charge < -0.3 is 9.64 Å². The SMILES string of the molecule is O=C(COc1cccc(F)c1)N1C[C@H]2CC[C@@H]1CN(Cc1cscn1)C2. The average Bonchev–Trinajstić information content (AvgIpc) is 2.98. The van der Waals surface area contributed by atoms with Crippen LogP contribution in [0.15, 0.2) is 35.2 Å². The highest BCUT2D eigenvalue weighted by atomic mass is 32.1. The molecule has 2 aromatic rings. The summed E-state index contributed by atoms with van der Waals surface area (Å²) < 4.78 is 18.7. The van der Waals surface area contributed by atoms with Gasteiger partial charge in [-0.15, -0.1) is 11.3 Å². The summed E-state index contributed by atoms with van der Waals surface area (Å²) in [5, 5.41) is 2.09. The summed E-state index contributed by atoms with van der Waals surface area (Å²) in [6.45, 7) is 3.46. The second-order valence-corrected chi connectivity index (χ2v) is 7.78. The quantitative estimate of drug-likeness (QED) is 0.806. The third kappa shape index (κ3) is 4.04. The lowest BCUT2D eigenvalue weighted by molar-refractivity contribution is -0.137. The van der Waals surface area contributed by atoms with Gasteiger partial charge in [0.2, 0.25) is 0 Å². The Balaban J connectivity index is 1.37. The number of aromatic nitrogens is 1. The summed E-state index contributed by atoms with van der Waals surface area (Å²) in [4.78, 5) is 21.5. The first-order valence-electron chi connectivity index (χ1n) is 8.94. The van der Waals surface area contributed by atoms with E-state index in [2.05, 4.69) is 15.3 Å². The number of ether oxygens (including phenoxy) is 1. The zero-order valence-electron chi connectivity index (χ0n) is 14.5. The van der Waals surface area contributed by atoms with Gasteiger partial charge in [-0.05, 0) is 30.9 Å². The molecule has 0 radical (unpaired) electrons. The molecular formula is C19H22FN3O2S. The first-order valence-corrected chi connectivity index (χ1v) is 9.89. The Bertz CT molecular complexity index is 755. The number of benzene rings is 1. The van der Waals surface area contributed by atoms with Crippen molar-refractivity contribution in [3.8, 4) is 5.75 Å². The van der Waals surface area contributed by atoms with Gasteiger partial charge in [-0.1, -0.05) is 6.07 Å². The monoisotopic (exact) mass is 375 g/mol. The van der Waals surface area contributed by atoms with Gasteiger partial charge in [0, 0.05) is 43.7 Å². The fourth-order valence-electron chi connectivity index (χ4n) is 3.94. The van der Waals surface area contributed by atoms with Crippen LogP contribution in [0.3, 0.4) is 0 Å². The third-order valence-electron chi connectivity index (χ3n) is 5.14. The molecule has 0 saturated carbocycles. The maximum atomic E-state index is 13.2. The summed E-state index contributed by atoms with van der Waals surface area (Å²) in [6.07, 6.45) is 2.19. The molecule has 0 unspecified atom stereocenters. The molecule has 0 spiro atoms. The second-order valence-electron chi connectivity index (χ2n) is 7.06. The number of hydrogen-bond acceptors (Lipinski definition) is 5. The minimum absolute atomic E-state index is 0.0144. The normalized spacial score (nSPS) is 23.0. The largest absolute Gasteiger partial charge is 0.484 e. The molecule has 2 bridgehead atoms. The van der Waals surface area contributed by atoms with Gasteiger partial charge in [0.15, 0.2) is 6.61 Å². The molecule has 1 aromatic carbocycles. The molecule has 26 heavy (non-hydrogen) atoms. The molecule has 4 heterocycles. The van der Waals surface area contributed by atoms with Crippen molar-refractivity contribution in [3.05, 3.63) is 46.7 Å². The predicted octanol–water partition coefficient (Wildman–Crippen LogP) is 2.78. The highest BCUT2D eigenvalue weighted by molar-refractivity contribution is 7.07. The molecule has 0 aliphatic carbocycles. The van der Waals surface area contributed by atoms with Crippen LogP contribution in [0.25, 0.3) is 0 Å². The minimum atomic E-state index is -0.360. The maximum absolute atomic E-state index is 13.2. The van der Waals surface area contributed by atoms with E-state index in [1.165, 1.54) is 12.1 Å². The molecule has 3 aliphatic rings. The number of hydrogen-bond donors (Lipinski definition) is 0. The lowest BCUT2D eigenvalue weighted by Gasteiger charge is -2.36. The lowest BCUT2D eigenvalue weighted by Crippen LogP contribution is -2.49. The third-order valence-corrected chi connectivity index (χ3v) is 5.77. The molecule has 2 atom stereocenters. The van der Waals surface area contributed by atoms with E-state index in [9.17, 15) is 9.18 Å². The van der Waals surface area contributed by atoms with Crippen LogP contribution in [0, 0.1) is 11.7 Å². The van der Waals surface area contributed by atoms with E-state index in [0.717, 1.165) is 44.7 Å². The number of thiazole rings is 1. The van der Waals surface area contributed by atoms with E-state index in [1.807, 2.05) is 10.4 Å². The number of halogens is 1. The predicted molar refractivity (Wildman–Crippen MR) is 97.5 cm³/mol. The van der Waals surface area contributed by atoms with E-state index in [-0.39, 0.29) is 24.4 Å². The van der Waals surface area contributed by atoms with Crippen molar-refractivity contribution in [2.24, 2.45) is 5.92 Å². The summed E-state index contributed by atoms with van der Waals surface area (Å²) in [6, 6.07) is 6.13. The van der Waals surface area contributed by atoms with Crippen molar-refractivity contribution in [2.45, 2.75) is 25.4 Å². The molecule has 3 fully saturated rings. The highest BCUT2D eigenvalue weighted by Crippen LogP contribution is 2.29. The van der Waals surface area contributed by atoms with Gasteiger partial charge in [-0.25, -0.2) is 9.37 Å². The fourth-order valence-corrected chi connectivity index (χ4v) is 4.49. The van der Waals surface area contributed by atoms with Gasteiger partial charge in [-0.2, -0.15) is 0 Å². The van der Waals surface area contributed by atoms with E-state index in [0.29, 0.717) is 11.7 Å². The van der Waals surface area contributed by atoms with Gasteiger partial charge in [0.05, 0.1) is 11.2 Å². The number of rotatable bonds is 5. The molecular weight excluding hydrogens is 353 g/mol. The van der Waals surface area contributed by atoms with Crippen LogP contribution in [0.5, 0.6) is 5.75 Å². The smallest absolute Gasteiger partial charge is 0.260 e. The molecule has 0 N–H and O–H groups in total. The van der Waals surface area contributed by atoms with Crippen molar-refractivity contribution in [2.75, 3.05) is 26.2 Å². The average molecular weight is 375 g/mol. The molecule has 3 aliphatic heterocycles. The topological polar surface area (TPSA) is 45.7 Å². The second kappa shape index (κ2) is 7.72. The molecule has 5 nitrogen and oxygen atoms in total. The van der Waals surface area contributed by atoms with Gasteiger partial charge >= 0.3 is 0 Å². The van der Waals surface area contributed by atoms with Crippen LogP contribution in [-0.2, 0) is 11.3 Å². The number of piperidine rings is 1. The first-order chi connectivity index (χ1) is 12.7. The molecule has 5 rings (SSSR count). The Morgan fingerprint density at radius 2 is 2.23 bits per heavy atom. The van der Waals surface area contributed by atoms with Crippen molar-refractivity contribution in [1.29, 1.82) is 0 Å². The minimum Gasteiger partial charge on any atom is -0.484 e. The number of nitrogens with zero attached hydrogens (tertiary/aromatic N) is 3. The van der Waals surface area contributed by atoms with E-state index < -0.39 is 0 Å². The highest BCUT2D eigenvalue weighted by Gasteiger charge is 2.37. The number of carbonyl (C=O) groups is 1. The van der Waals surface area contributed by atoms with Gasteiger partial charge in [0.25, 0.3) is 5.91 Å². The van der Waals surface area contributed by atoms with Crippen LogP contribution in [-0.4, -0.2) is 53.0 Å². The number of fused-ring (bicyclic) bond motifs is 4. The van der Waals surface area contributed by atoms with E-state index in [4.69, 9.17) is 4.74 Å². The van der Waals surface area contributed by atoms with E-state index in [1.54, 1.807) is 23.5 Å². The Morgan fingerprint density at radius 1 is 1.31 bits per heavy atom. The summed E-state index contributed by atoms with van der Waals surface area (Å²) >= 11 is 1.62. The molecule has 7 heteroatoms. The maximum Gasteiger partial charge on any atom is 0.260 e. The van der Waals surface area contributed by atoms with Crippen molar-refractivity contribution in [1.82, 2.24) is 14.8 Å². The number of carbonyl (C=O) groups excluding carboxylic acids is 1. The first kappa shape index (κ1) is 17.4. The fraction of sp³-hybridized carbons (Fsp3) is 0.474.